The summed E-state index contributed by atoms with van der Waals surface area (Å²) in [6.07, 6.45) is 2.48. The molecule has 8 nitrogen and oxygen atoms in total. The molecule has 0 radical (unpaired) electrons. The molecule has 0 bridgehead atoms. The van der Waals surface area contributed by atoms with Crippen LogP contribution in [0.5, 0.6) is 5.75 Å². The predicted molar refractivity (Wildman–Crippen MR) is 121 cm³/mol. The highest BCUT2D eigenvalue weighted by atomic mass is 16.5. The van der Waals surface area contributed by atoms with Crippen molar-refractivity contribution in [3.05, 3.63) is 77.7 Å². The van der Waals surface area contributed by atoms with Crippen molar-refractivity contribution in [2.45, 2.75) is 25.6 Å². The number of rotatable bonds is 6. The van der Waals surface area contributed by atoms with Crippen molar-refractivity contribution in [1.29, 1.82) is 0 Å². The van der Waals surface area contributed by atoms with E-state index in [4.69, 9.17) is 14.2 Å². The van der Waals surface area contributed by atoms with Crippen LogP contribution in [0.1, 0.15) is 28.9 Å². The Balaban J connectivity index is 1.42. The molecule has 32 heavy (non-hydrogen) atoms. The largest absolute Gasteiger partial charge is 0.497 e. The van der Waals surface area contributed by atoms with Crippen molar-refractivity contribution < 1.29 is 9.26 Å². The zero-order chi connectivity index (χ0) is 22.1. The highest BCUT2D eigenvalue weighted by Gasteiger charge is 2.33. The summed E-state index contributed by atoms with van der Waals surface area (Å²) in [4.78, 5) is 17.0. The van der Waals surface area contributed by atoms with Gasteiger partial charge < -0.3 is 19.1 Å². The van der Waals surface area contributed by atoms with Crippen molar-refractivity contribution in [3.63, 3.8) is 0 Å². The number of anilines is 1. The number of nitrogens with zero attached hydrogens (tertiary/aromatic N) is 5. The van der Waals surface area contributed by atoms with E-state index in [2.05, 4.69) is 49.2 Å². The number of methoxy groups -OCH3 is 1. The second-order valence-electron chi connectivity index (χ2n) is 8.20. The molecular weight excluding hydrogens is 404 g/mol. The number of fused-ring (bicyclic) bond motifs is 1. The number of hydrogen-bond acceptors (Lipinski definition) is 7. The van der Waals surface area contributed by atoms with Gasteiger partial charge >= 0.3 is 0 Å². The van der Waals surface area contributed by atoms with Gasteiger partial charge in [0, 0.05) is 44.9 Å². The lowest BCUT2D eigenvalue weighted by Gasteiger charge is -2.32. The van der Waals surface area contributed by atoms with Crippen LogP contribution in [0.2, 0.25) is 0 Å². The second kappa shape index (κ2) is 8.47. The standard InChI is InChI=1S/C24H26N6O2/c1-29(2)18-8-4-16(5-9-18)13-30-14-21-20(25-15-26-21)12-22(30)24-27-23(28-32-24)17-6-10-19(31-3)11-7-17/h4-11,15,22H,12-14H2,1-3H3,(H,25,26). The summed E-state index contributed by atoms with van der Waals surface area (Å²) in [6.45, 7) is 1.52. The van der Waals surface area contributed by atoms with Crippen LogP contribution in [0, 0.1) is 0 Å². The number of H-pyrrole nitrogens is 1. The van der Waals surface area contributed by atoms with Crippen molar-refractivity contribution in [2.24, 2.45) is 0 Å². The molecule has 4 aromatic rings. The Morgan fingerprint density at radius 1 is 1.12 bits per heavy atom. The number of benzene rings is 2. The van der Waals surface area contributed by atoms with Gasteiger partial charge in [-0.05, 0) is 42.0 Å². The summed E-state index contributed by atoms with van der Waals surface area (Å²) >= 11 is 0. The van der Waals surface area contributed by atoms with Crippen LogP contribution >= 0.6 is 0 Å². The summed E-state index contributed by atoms with van der Waals surface area (Å²) < 4.78 is 11.0. The molecule has 164 valence electrons. The molecule has 1 aliphatic heterocycles. The van der Waals surface area contributed by atoms with Crippen molar-refractivity contribution in [1.82, 2.24) is 25.0 Å². The number of imidazole rings is 1. The normalized spacial score (nSPS) is 16.0. The monoisotopic (exact) mass is 430 g/mol. The maximum atomic E-state index is 5.75. The fourth-order valence-corrected chi connectivity index (χ4v) is 4.06. The van der Waals surface area contributed by atoms with Crippen molar-refractivity contribution in [2.75, 3.05) is 26.1 Å². The molecule has 1 aliphatic rings. The van der Waals surface area contributed by atoms with Gasteiger partial charge in [-0.1, -0.05) is 17.3 Å². The minimum atomic E-state index is -0.0428. The molecule has 0 fully saturated rings. The highest BCUT2D eigenvalue weighted by molar-refractivity contribution is 5.55. The fourth-order valence-electron chi connectivity index (χ4n) is 4.06. The van der Waals surface area contributed by atoms with E-state index in [1.54, 1.807) is 13.4 Å². The van der Waals surface area contributed by atoms with Gasteiger partial charge in [-0.15, -0.1) is 0 Å². The number of hydrogen-bond donors (Lipinski definition) is 1. The highest BCUT2D eigenvalue weighted by Crippen LogP contribution is 2.33. The van der Waals surface area contributed by atoms with Crippen LogP contribution in [-0.2, 0) is 19.5 Å². The predicted octanol–water partition coefficient (Wildman–Crippen LogP) is 3.83. The van der Waals surface area contributed by atoms with Crippen LogP contribution in [0.15, 0.2) is 59.4 Å². The summed E-state index contributed by atoms with van der Waals surface area (Å²) in [5.41, 5.74) is 5.50. The van der Waals surface area contributed by atoms with Gasteiger partial charge in [-0.3, -0.25) is 4.90 Å². The van der Waals surface area contributed by atoms with E-state index in [0.717, 1.165) is 42.2 Å². The van der Waals surface area contributed by atoms with Gasteiger partial charge in [0.1, 0.15) is 5.75 Å². The molecule has 0 saturated carbocycles. The van der Waals surface area contributed by atoms with Gasteiger partial charge in [0.05, 0.1) is 30.9 Å². The summed E-state index contributed by atoms with van der Waals surface area (Å²) in [7, 11) is 5.74. The Morgan fingerprint density at radius 3 is 2.62 bits per heavy atom. The maximum absolute atomic E-state index is 5.75. The van der Waals surface area contributed by atoms with E-state index < -0.39 is 0 Å². The molecule has 0 saturated heterocycles. The van der Waals surface area contributed by atoms with E-state index in [1.807, 2.05) is 38.4 Å². The number of nitrogens with one attached hydrogen (secondary N) is 1. The van der Waals surface area contributed by atoms with E-state index in [0.29, 0.717) is 11.7 Å². The zero-order valence-electron chi connectivity index (χ0n) is 18.4. The third-order valence-corrected chi connectivity index (χ3v) is 5.91. The number of aromatic nitrogens is 4. The summed E-state index contributed by atoms with van der Waals surface area (Å²) in [5.74, 6) is 1.97. The first-order valence-electron chi connectivity index (χ1n) is 10.6. The SMILES string of the molecule is COc1ccc(-c2noc(C3Cc4nc[nH]c4CN3Cc3ccc(N(C)C)cc3)n2)cc1. The van der Waals surface area contributed by atoms with Crippen LogP contribution in [-0.4, -0.2) is 46.2 Å². The molecule has 1 atom stereocenters. The Kier molecular flexibility index (Phi) is 5.36. The second-order valence-corrected chi connectivity index (χ2v) is 8.20. The van der Waals surface area contributed by atoms with Gasteiger partial charge in [0.25, 0.3) is 0 Å². The Bertz CT molecular complexity index is 1180. The number of aromatic amines is 1. The van der Waals surface area contributed by atoms with Crippen LogP contribution in [0.3, 0.4) is 0 Å². The first kappa shape index (κ1) is 20.3. The average molecular weight is 431 g/mol. The molecule has 3 heterocycles. The van der Waals surface area contributed by atoms with E-state index in [-0.39, 0.29) is 6.04 Å². The van der Waals surface area contributed by atoms with Gasteiger partial charge in [-0.2, -0.15) is 4.98 Å². The molecular formula is C24H26N6O2. The Morgan fingerprint density at radius 2 is 1.91 bits per heavy atom. The third-order valence-electron chi connectivity index (χ3n) is 5.91. The Hall–Kier alpha value is -3.65. The third kappa shape index (κ3) is 3.97. The average Bonchev–Trinajstić information content (AvgIpc) is 3.48. The number of ether oxygens (including phenoxy) is 1. The molecule has 0 spiro atoms. The van der Waals surface area contributed by atoms with E-state index in [9.17, 15) is 0 Å². The van der Waals surface area contributed by atoms with Gasteiger partial charge in [-0.25, -0.2) is 4.98 Å². The molecule has 8 heteroatoms. The van der Waals surface area contributed by atoms with Crippen molar-refractivity contribution in [3.8, 4) is 17.1 Å². The van der Waals surface area contributed by atoms with Gasteiger partial charge in [0.2, 0.25) is 11.7 Å². The fraction of sp³-hybridized carbons (Fsp3) is 0.292. The van der Waals surface area contributed by atoms with E-state index in [1.165, 1.54) is 11.3 Å². The maximum Gasteiger partial charge on any atom is 0.244 e. The van der Waals surface area contributed by atoms with Crippen LogP contribution < -0.4 is 9.64 Å². The van der Waals surface area contributed by atoms with Crippen LogP contribution in [0.4, 0.5) is 5.69 Å². The molecule has 0 amide bonds. The summed E-state index contributed by atoms with van der Waals surface area (Å²) in [6, 6.07) is 16.2. The lowest BCUT2D eigenvalue weighted by molar-refractivity contribution is 0.128. The first-order chi connectivity index (χ1) is 15.6. The van der Waals surface area contributed by atoms with Gasteiger partial charge in [0.15, 0.2) is 0 Å². The quantitative estimate of drug-likeness (QED) is 0.498. The zero-order valence-corrected chi connectivity index (χ0v) is 18.4. The summed E-state index contributed by atoms with van der Waals surface area (Å²) in [5, 5.41) is 4.25. The Labute approximate surface area is 186 Å². The topological polar surface area (TPSA) is 83.3 Å². The molecule has 1 N–H and O–H groups in total. The first-order valence-corrected chi connectivity index (χ1v) is 10.6. The van der Waals surface area contributed by atoms with E-state index >= 15 is 0 Å². The van der Waals surface area contributed by atoms with Crippen molar-refractivity contribution >= 4 is 5.69 Å². The molecule has 2 aromatic heterocycles. The minimum absolute atomic E-state index is 0.0428. The van der Waals surface area contributed by atoms with Crippen LogP contribution in [0.25, 0.3) is 11.4 Å². The lowest BCUT2D eigenvalue weighted by atomic mass is 10.0. The molecule has 5 rings (SSSR count). The molecule has 1 unspecified atom stereocenters. The minimum Gasteiger partial charge on any atom is -0.497 e. The smallest absolute Gasteiger partial charge is 0.244 e. The molecule has 0 aliphatic carbocycles. The lowest BCUT2D eigenvalue weighted by Crippen LogP contribution is -2.34. The molecule has 2 aromatic carbocycles.